The summed E-state index contributed by atoms with van der Waals surface area (Å²) in [6, 6.07) is 0. The molecule has 96 valence electrons. The quantitative estimate of drug-likeness (QED) is 0.769. The Hall–Kier alpha value is -1.95. The number of nitrogen functional groups attached to an aromatic ring is 1. The average molecular weight is 247 g/mol. The molecule has 18 heavy (non-hydrogen) atoms. The van der Waals surface area contributed by atoms with Crippen LogP contribution in [-0.4, -0.2) is 31.2 Å². The number of hydrogen-bond acceptors (Lipinski definition) is 5. The van der Waals surface area contributed by atoms with Crippen LogP contribution in [0.1, 0.15) is 13.3 Å². The number of hydrogen-bond donors (Lipinski definition) is 2. The molecule has 2 rings (SSSR count). The van der Waals surface area contributed by atoms with E-state index in [1.807, 2.05) is 11.5 Å². The molecule has 0 unspecified atom stereocenters. The van der Waals surface area contributed by atoms with Crippen molar-refractivity contribution in [2.45, 2.75) is 19.9 Å². The molecular formula is C12H17N5O. The maximum atomic E-state index is 9.33. The number of rotatable bonds is 5. The fraction of sp³-hybridized carbons (Fsp3) is 0.417. The number of nitrogens with two attached hydrogens (primary N) is 1. The van der Waals surface area contributed by atoms with Crippen LogP contribution in [0, 0.1) is 5.41 Å². The first-order chi connectivity index (χ1) is 8.59. The van der Waals surface area contributed by atoms with Crippen molar-refractivity contribution < 1.29 is 5.11 Å². The molecule has 2 aromatic rings. The van der Waals surface area contributed by atoms with E-state index in [9.17, 15) is 5.11 Å². The van der Waals surface area contributed by atoms with Gasteiger partial charge in [-0.25, -0.2) is 15.0 Å². The smallest absolute Gasteiger partial charge is 0.165 e. The van der Waals surface area contributed by atoms with Gasteiger partial charge in [0, 0.05) is 12.0 Å². The molecule has 0 fully saturated rings. The monoisotopic (exact) mass is 247 g/mol. The molecule has 0 spiro atoms. The average Bonchev–Trinajstić information content (AvgIpc) is 2.81. The molecule has 6 heteroatoms. The molecule has 1 atom stereocenters. The maximum Gasteiger partial charge on any atom is 0.165 e. The minimum atomic E-state index is -0.296. The molecule has 0 bridgehead atoms. The number of imidazole rings is 1. The van der Waals surface area contributed by atoms with Gasteiger partial charge in [-0.15, -0.1) is 6.58 Å². The van der Waals surface area contributed by atoms with Crippen LogP contribution >= 0.6 is 0 Å². The van der Waals surface area contributed by atoms with Crippen molar-refractivity contribution in [3.63, 3.8) is 0 Å². The number of aliphatic hydroxyl groups excluding tert-OH is 1. The second-order valence-corrected chi connectivity index (χ2v) is 4.64. The molecule has 0 aromatic carbocycles. The van der Waals surface area contributed by atoms with E-state index in [-0.39, 0.29) is 12.0 Å². The van der Waals surface area contributed by atoms with E-state index in [0.29, 0.717) is 23.5 Å². The number of nitrogens with zero attached hydrogens (tertiary/aromatic N) is 4. The van der Waals surface area contributed by atoms with Crippen LogP contribution in [0.2, 0.25) is 0 Å². The van der Waals surface area contributed by atoms with Gasteiger partial charge in [-0.3, -0.25) is 0 Å². The van der Waals surface area contributed by atoms with Gasteiger partial charge in [0.2, 0.25) is 0 Å². The van der Waals surface area contributed by atoms with E-state index < -0.39 is 0 Å². The lowest BCUT2D eigenvalue weighted by atomic mass is 9.88. The first kappa shape index (κ1) is 12.5. The minimum absolute atomic E-state index is 0.0697. The Morgan fingerprint density at radius 1 is 1.50 bits per heavy atom. The van der Waals surface area contributed by atoms with Crippen molar-refractivity contribution in [2.24, 2.45) is 5.41 Å². The summed E-state index contributed by atoms with van der Waals surface area (Å²) < 4.78 is 1.91. The maximum absolute atomic E-state index is 9.33. The van der Waals surface area contributed by atoms with Crippen molar-refractivity contribution in [3.8, 4) is 0 Å². The van der Waals surface area contributed by atoms with E-state index >= 15 is 0 Å². The Balaban J connectivity index is 2.23. The van der Waals surface area contributed by atoms with Gasteiger partial charge in [-0.05, 0) is 6.42 Å². The van der Waals surface area contributed by atoms with Crippen LogP contribution in [0.3, 0.4) is 0 Å². The number of aryl methyl sites for hydroxylation is 1. The Kier molecular flexibility index (Phi) is 3.29. The highest BCUT2D eigenvalue weighted by atomic mass is 16.3. The summed E-state index contributed by atoms with van der Waals surface area (Å²) in [5.74, 6) is 0.382. The molecule has 0 radical (unpaired) electrons. The first-order valence-corrected chi connectivity index (χ1v) is 5.75. The fourth-order valence-electron chi connectivity index (χ4n) is 1.68. The van der Waals surface area contributed by atoms with Gasteiger partial charge < -0.3 is 15.4 Å². The van der Waals surface area contributed by atoms with Crippen molar-refractivity contribution in [1.82, 2.24) is 19.5 Å². The van der Waals surface area contributed by atoms with E-state index in [2.05, 4.69) is 21.5 Å². The highest BCUT2D eigenvalue weighted by Gasteiger charge is 2.19. The second kappa shape index (κ2) is 4.73. The standard InChI is InChI=1S/C12H17N5O/c1-3-12(2,6-18)4-5-17-8-16-9-10(13)14-7-15-11(9)17/h3,7-8,18H,1,4-6H2,2H3,(H2,13,14,15)/t12-/m1/s1. The number of aromatic nitrogens is 4. The topological polar surface area (TPSA) is 89.8 Å². The van der Waals surface area contributed by atoms with E-state index in [4.69, 9.17) is 5.73 Å². The number of aliphatic hydroxyl groups is 1. The van der Waals surface area contributed by atoms with Crippen LogP contribution < -0.4 is 5.73 Å². The molecule has 0 amide bonds. The number of anilines is 1. The molecule has 3 N–H and O–H groups in total. The summed E-state index contributed by atoms with van der Waals surface area (Å²) in [7, 11) is 0. The van der Waals surface area contributed by atoms with Crippen LogP contribution in [0.15, 0.2) is 25.3 Å². The summed E-state index contributed by atoms with van der Waals surface area (Å²) in [5, 5.41) is 9.33. The molecule has 6 nitrogen and oxygen atoms in total. The molecule has 2 aromatic heterocycles. The summed E-state index contributed by atoms with van der Waals surface area (Å²) in [6.45, 7) is 6.47. The SMILES string of the molecule is C=C[C@@](C)(CO)CCn1cnc2c(N)ncnc21. The van der Waals surface area contributed by atoms with Gasteiger partial charge in [0.1, 0.15) is 11.8 Å². The van der Waals surface area contributed by atoms with Gasteiger partial charge in [0.25, 0.3) is 0 Å². The molecular weight excluding hydrogens is 230 g/mol. The van der Waals surface area contributed by atoms with E-state index in [0.717, 1.165) is 6.42 Å². The molecule has 0 saturated carbocycles. The van der Waals surface area contributed by atoms with Crippen LogP contribution in [0.4, 0.5) is 5.82 Å². The lowest BCUT2D eigenvalue weighted by Gasteiger charge is -2.22. The van der Waals surface area contributed by atoms with Gasteiger partial charge in [-0.1, -0.05) is 13.0 Å². The zero-order valence-electron chi connectivity index (χ0n) is 10.4. The van der Waals surface area contributed by atoms with Crippen LogP contribution in [-0.2, 0) is 6.54 Å². The van der Waals surface area contributed by atoms with Gasteiger partial charge in [0.05, 0.1) is 12.9 Å². The van der Waals surface area contributed by atoms with Gasteiger partial charge in [-0.2, -0.15) is 0 Å². The molecule has 0 aliphatic carbocycles. The Morgan fingerprint density at radius 2 is 2.28 bits per heavy atom. The summed E-state index contributed by atoms with van der Waals surface area (Å²) in [6.07, 6.45) is 5.64. The summed E-state index contributed by atoms with van der Waals surface area (Å²) in [5.41, 5.74) is 6.75. The summed E-state index contributed by atoms with van der Waals surface area (Å²) in [4.78, 5) is 12.3. The predicted molar refractivity (Wildman–Crippen MR) is 69.7 cm³/mol. The van der Waals surface area contributed by atoms with Crippen LogP contribution in [0.5, 0.6) is 0 Å². The lowest BCUT2D eigenvalue weighted by Crippen LogP contribution is -2.20. The second-order valence-electron chi connectivity index (χ2n) is 4.64. The Morgan fingerprint density at radius 3 is 2.94 bits per heavy atom. The predicted octanol–water partition coefficient (Wildman–Crippen LogP) is 0.983. The third kappa shape index (κ3) is 2.19. The van der Waals surface area contributed by atoms with Gasteiger partial charge >= 0.3 is 0 Å². The molecule has 0 saturated heterocycles. The fourth-order valence-corrected chi connectivity index (χ4v) is 1.68. The largest absolute Gasteiger partial charge is 0.395 e. The third-order valence-electron chi connectivity index (χ3n) is 3.21. The van der Waals surface area contributed by atoms with Crippen molar-refractivity contribution in [3.05, 3.63) is 25.3 Å². The Bertz CT molecular complexity index is 565. The zero-order valence-corrected chi connectivity index (χ0v) is 10.4. The number of fused-ring (bicyclic) bond motifs is 1. The molecule has 0 aliphatic heterocycles. The highest BCUT2D eigenvalue weighted by molar-refractivity contribution is 5.80. The zero-order chi connectivity index (χ0) is 13.2. The van der Waals surface area contributed by atoms with Crippen molar-refractivity contribution in [1.29, 1.82) is 0 Å². The van der Waals surface area contributed by atoms with E-state index in [1.165, 1.54) is 6.33 Å². The molecule has 0 aliphatic rings. The lowest BCUT2D eigenvalue weighted by molar-refractivity contribution is 0.170. The normalized spacial score (nSPS) is 14.6. The third-order valence-corrected chi connectivity index (χ3v) is 3.21. The van der Waals surface area contributed by atoms with Crippen LogP contribution in [0.25, 0.3) is 11.2 Å². The van der Waals surface area contributed by atoms with Crippen molar-refractivity contribution in [2.75, 3.05) is 12.3 Å². The highest BCUT2D eigenvalue weighted by Crippen LogP contribution is 2.24. The minimum Gasteiger partial charge on any atom is -0.395 e. The van der Waals surface area contributed by atoms with E-state index in [1.54, 1.807) is 12.4 Å². The molecule has 2 heterocycles. The first-order valence-electron chi connectivity index (χ1n) is 5.75. The summed E-state index contributed by atoms with van der Waals surface area (Å²) >= 11 is 0. The van der Waals surface area contributed by atoms with Crippen molar-refractivity contribution >= 4 is 17.0 Å². The Labute approximate surface area is 105 Å². The van der Waals surface area contributed by atoms with Gasteiger partial charge in [0.15, 0.2) is 11.5 Å².